The number of thiophene rings is 1. The van der Waals surface area contributed by atoms with Crippen LogP contribution in [0.5, 0.6) is 0 Å². The number of hydrogen-bond donors (Lipinski definition) is 1. The van der Waals surface area contributed by atoms with Crippen LogP contribution < -0.4 is 5.56 Å². The predicted octanol–water partition coefficient (Wildman–Crippen LogP) is 2.34. The fourth-order valence-electron chi connectivity index (χ4n) is 2.02. The van der Waals surface area contributed by atoms with Gasteiger partial charge in [-0.3, -0.25) is 9.36 Å². The Morgan fingerprint density at radius 1 is 1.50 bits per heavy atom. The third-order valence-corrected chi connectivity index (χ3v) is 3.70. The van der Waals surface area contributed by atoms with Gasteiger partial charge in [-0.25, -0.2) is 4.98 Å². The summed E-state index contributed by atoms with van der Waals surface area (Å²) < 4.78 is 1.67. The predicted molar refractivity (Wildman–Crippen MR) is 73.1 cm³/mol. The summed E-state index contributed by atoms with van der Waals surface area (Å²) in [6, 6.07) is 3.94. The van der Waals surface area contributed by atoms with Crippen molar-refractivity contribution in [3.05, 3.63) is 50.8 Å². The smallest absolute Gasteiger partial charge is 0.262 e. The van der Waals surface area contributed by atoms with Gasteiger partial charge in [0.2, 0.25) is 0 Å². The van der Waals surface area contributed by atoms with Gasteiger partial charge < -0.3 is 4.98 Å². The lowest BCUT2D eigenvalue weighted by Crippen LogP contribution is -2.21. The lowest BCUT2D eigenvalue weighted by Gasteiger charge is -2.03. The number of hydrogen-bond acceptors (Lipinski definition) is 3. The average Bonchev–Trinajstić information content (AvgIpc) is 2.97. The minimum Gasteiger partial charge on any atom is -0.343 e. The summed E-state index contributed by atoms with van der Waals surface area (Å²) in [5, 5.41) is 4.83. The van der Waals surface area contributed by atoms with E-state index in [1.54, 1.807) is 22.2 Å². The van der Waals surface area contributed by atoms with Gasteiger partial charge >= 0.3 is 0 Å². The highest BCUT2D eigenvalue weighted by Crippen LogP contribution is 2.09. The third kappa shape index (κ3) is 1.97. The van der Waals surface area contributed by atoms with Gasteiger partial charge in [0, 0.05) is 12.2 Å². The maximum Gasteiger partial charge on any atom is 0.262 e. The molecule has 0 saturated carbocycles. The zero-order valence-corrected chi connectivity index (χ0v) is 10.8. The molecule has 0 aromatic carbocycles. The molecule has 0 bridgehead atoms. The van der Waals surface area contributed by atoms with E-state index in [0.717, 1.165) is 12.1 Å². The Hall–Kier alpha value is -1.88. The molecule has 5 heteroatoms. The standard InChI is InChI=1S/C13H13N3OS/c1-9-6-11-12(15-9)14-8-16(13(11)17)4-2-10-3-5-18-7-10/h3,5-8,15H,2,4H2,1H3. The molecule has 1 N–H and O–H groups in total. The number of rotatable bonds is 3. The molecule has 0 radical (unpaired) electrons. The van der Waals surface area contributed by atoms with Crippen LogP contribution in [-0.4, -0.2) is 14.5 Å². The van der Waals surface area contributed by atoms with Crippen LogP contribution in [0, 0.1) is 6.92 Å². The molecule has 0 aliphatic heterocycles. The summed E-state index contributed by atoms with van der Waals surface area (Å²) in [7, 11) is 0. The zero-order chi connectivity index (χ0) is 12.5. The number of nitrogens with one attached hydrogen (secondary N) is 1. The summed E-state index contributed by atoms with van der Waals surface area (Å²) in [6.07, 6.45) is 2.48. The average molecular weight is 259 g/mol. The van der Waals surface area contributed by atoms with Crippen molar-refractivity contribution in [2.24, 2.45) is 0 Å². The Labute approximate surface area is 108 Å². The third-order valence-electron chi connectivity index (χ3n) is 2.97. The van der Waals surface area contributed by atoms with E-state index in [-0.39, 0.29) is 5.56 Å². The van der Waals surface area contributed by atoms with Crippen LogP contribution in [-0.2, 0) is 13.0 Å². The Kier molecular flexibility index (Phi) is 2.76. The topological polar surface area (TPSA) is 50.7 Å². The number of fused-ring (bicyclic) bond motifs is 1. The van der Waals surface area contributed by atoms with E-state index in [1.807, 2.05) is 13.0 Å². The molecule has 0 aliphatic rings. The molecule has 18 heavy (non-hydrogen) atoms. The summed E-state index contributed by atoms with van der Waals surface area (Å²) >= 11 is 1.68. The first-order chi connectivity index (χ1) is 8.74. The first-order valence-electron chi connectivity index (χ1n) is 5.80. The first-order valence-corrected chi connectivity index (χ1v) is 6.74. The van der Waals surface area contributed by atoms with Crippen LogP contribution in [0.15, 0.2) is 34.0 Å². The van der Waals surface area contributed by atoms with Gasteiger partial charge in [0.05, 0.1) is 11.7 Å². The lowest BCUT2D eigenvalue weighted by atomic mass is 10.2. The molecule has 0 amide bonds. The van der Waals surface area contributed by atoms with E-state index in [0.29, 0.717) is 17.6 Å². The molecule has 0 saturated heterocycles. The number of aryl methyl sites for hydroxylation is 3. The molecule has 0 spiro atoms. The second-order valence-corrected chi connectivity index (χ2v) is 5.12. The summed E-state index contributed by atoms with van der Waals surface area (Å²) in [5.74, 6) is 0. The van der Waals surface area contributed by atoms with Crippen LogP contribution >= 0.6 is 11.3 Å². The van der Waals surface area contributed by atoms with E-state index < -0.39 is 0 Å². The Morgan fingerprint density at radius 3 is 3.17 bits per heavy atom. The second-order valence-electron chi connectivity index (χ2n) is 4.34. The minimum atomic E-state index is 0.0274. The van der Waals surface area contributed by atoms with Gasteiger partial charge in [-0.2, -0.15) is 11.3 Å². The van der Waals surface area contributed by atoms with Crippen molar-refractivity contribution >= 4 is 22.4 Å². The van der Waals surface area contributed by atoms with Crippen LogP contribution in [0.25, 0.3) is 11.0 Å². The number of H-pyrrole nitrogens is 1. The minimum absolute atomic E-state index is 0.0274. The number of aromatic amines is 1. The maximum absolute atomic E-state index is 12.2. The van der Waals surface area contributed by atoms with Gasteiger partial charge in [0.1, 0.15) is 5.65 Å². The van der Waals surface area contributed by atoms with Gasteiger partial charge in [0.15, 0.2) is 0 Å². The Balaban J connectivity index is 1.92. The fourth-order valence-corrected chi connectivity index (χ4v) is 2.72. The molecule has 4 nitrogen and oxygen atoms in total. The molecular formula is C13H13N3OS. The Bertz CT molecular complexity index is 724. The maximum atomic E-state index is 12.2. The highest BCUT2D eigenvalue weighted by molar-refractivity contribution is 7.07. The van der Waals surface area contributed by atoms with E-state index in [9.17, 15) is 4.79 Å². The molecule has 0 aliphatic carbocycles. The largest absolute Gasteiger partial charge is 0.343 e. The quantitative estimate of drug-likeness (QED) is 0.785. The van der Waals surface area contributed by atoms with Crippen molar-refractivity contribution in [2.45, 2.75) is 19.9 Å². The second kappa shape index (κ2) is 4.42. The molecule has 0 fully saturated rings. The monoisotopic (exact) mass is 259 g/mol. The molecular weight excluding hydrogens is 246 g/mol. The molecule has 0 unspecified atom stereocenters. The van der Waals surface area contributed by atoms with Crippen LogP contribution in [0.2, 0.25) is 0 Å². The van der Waals surface area contributed by atoms with Crippen molar-refractivity contribution in [2.75, 3.05) is 0 Å². The van der Waals surface area contributed by atoms with Gasteiger partial charge in [-0.15, -0.1) is 0 Å². The van der Waals surface area contributed by atoms with Gasteiger partial charge in [0.25, 0.3) is 5.56 Å². The highest BCUT2D eigenvalue weighted by atomic mass is 32.1. The Morgan fingerprint density at radius 2 is 2.39 bits per heavy atom. The van der Waals surface area contributed by atoms with E-state index >= 15 is 0 Å². The number of nitrogens with zero attached hydrogens (tertiary/aromatic N) is 2. The van der Waals surface area contributed by atoms with Gasteiger partial charge in [-0.1, -0.05) is 0 Å². The van der Waals surface area contributed by atoms with Crippen molar-refractivity contribution in [1.29, 1.82) is 0 Å². The molecule has 3 aromatic heterocycles. The van der Waals surface area contributed by atoms with E-state index in [2.05, 4.69) is 26.8 Å². The van der Waals surface area contributed by atoms with Crippen molar-refractivity contribution in [3.63, 3.8) is 0 Å². The number of aromatic nitrogens is 3. The molecule has 3 aromatic rings. The SMILES string of the molecule is Cc1cc2c(=O)n(CCc3ccsc3)cnc2[nH]1. The molecule has 3 heterocycles. The lowest BCUT2D eigenvalue weighted by molar-refractivity contribution is 0.663. The molecule has 0 atom stereocenters. The molecule has 3 rings (SSSR count). The summed E-state index contributed by atoms with van der Waals surface area (Å²) in [4.78, 5) is 19.6. The first kappa shape index (κ1) is 11.2. The van der Waals surface area contributed by atoms with Crippen LogP contribution in [0.4, 0.5) is 0 Å². The van der Waals surface area contributed by atoms with Crippen LogP contribution in [0.1, 0.15) is 11.3 Å². The van der Waals surface area contributed by atoms with Crippen LogP contribution in [0.3, 0.4) is 0 Å². The summed E-state index contributed by atoms with van der Waals surface area (Å²) in [6.45, 7) is 2.60. The zero-order valence-electron chi connectivity index (χ0n) is 10.0. The van der Waals surface area contributed by atoms with E-state index in [4.69, 9.17) is 0 Å². The molecule has 92 valence electrons. The normalized spacial score (nSPS) is 11.2. The van der Waals surface area contributed by atoms with Gasteiger partial charge in [-0.05, 0) is 41.8 Å². The van der Waals surface area contributed by atoms with E-state index in [1.165, 1.54) is 5.56 Å². The van der Waals surface area contributed by atoms with Crippen molar-refractivity contribution < 1.29 is 0 Å². The highest BCUT2D eigenvalue weighted by Gasteiger charge is 2.06. The summed E-state index contributed by atoms with van der Waals surface area (Å²) in [5.41, 5.74) is 2.92. The van der Waals surface area contributed by atoms with Crippen molar-refractivity contribution in [3.8, 4) is 0 Å². The van der Waals surface area contributed by atoms with Crippen molar-refractivity contribution in [1.82, 2.24) is 14.5 Å². The fraction of sp³-hybridized carbons (Fsp3) is 0.231.